The zero-order valence-electron chi connectivity index (χ0n) is 11.6. The van der Waals surface area contributed by atoms with Crippen molar-refractivity contribution in [3.05, 3.63) is 36.0 Å². The molecule has 3 N–H and O–H groups in total. The van der Waals surface area contributed by atoms with Crippen LogP contribution < -0.4 is 15.8 Å². The maximum atomic E-state index is 12.1. The van der Waals surface area contributed by atoms with E-state index in [1.54, 1.807) is 12.1 Å². The topological polar surface area (TPSA) is 72.5 Å². The second-order valence-electron chi connectivity index (χ2n) is 4.38. The summed E-state index contributed by atoms with van der Waals surface area (Å²) in [4.78, 5) is 7.78. The minimum absolute atomic E-state index is 0.0655. The van der Waals surface area contributed by atoms with Gasteiger partial charge in [-0.2, -0.15) is 13.2 Å². The van der Waals surface area contributed by atoms with Gasteiger partial charge in [0.1, 0.15) is 0 Å². The first-order valence-electron chi connectivity index (χ1n) is 6.09. The van der Waals surface area contributed by atoms with Crippen molar-refractivity contribution in [2.75, 3.05) is 13.2 Å². The Labute approximate surface area is 120 Å². The summed E-state index contributed by atoms with van der Waals surface area (Å²) < 4.78 is 41.1. The Hall–Kier alpha value is -2.25. The van der Waals surface area contributed by atoms with Crippen LogP contribution in [0, 0.1) is 0 Å². The quantitative estimate of drug-likeness (QED) is 0.479. The lowest BCUT2D eigenvalue weighted by Gasteiger charge is -2.11. The smallest absolute Gasteiger partial charge is 0.422 e. The predicted octanol–water partition coefficient (Wildman–Crippen LogP) is 2.00. The summed E-state index contributed by atoms with van der Waals surface area (Å²) in [5, 5.41) is 2.82. The number of nitrogens with zero attached hydrogens (tertiary/aromatic N) is 2. The average molecular weight is 302 g/mol. The predicted molar refractivity (Wildman–Crippen MR) is 73.9 cm³/mol. The van der Waals surface area contributed by atoms with Gasteiger partial charge in [0.05, 0.1) is 6.54 Å². The number of halogens is 3. The molecular weight excluding hydrogens is 285 g/mol. The minimum atomic E-state index is -4.42. The SMILES string of the molecule is C=C(C)CNC(N)=NCc1cccnc1OCC(F)(F)F. The number of rotatable bonds is 6. The summed E-state index contributed by atoms with van der Waals surface area (Å²) in [7, 11) is 0. The first kappa shape index (κ1) is 16.8. The van der Waals surface area contributed by atoms with Crippen LogP contribution in [0.1, 0.15) is 12.5 Å². The van der Waals surface area contributed by atoms with Crippen LogP contribution in [0.25, 0.3) is 0 Å². The summed E-state index contributed by atoms with van der Waals surface area (Å²) in [6.07, 6.45) is -3.07. The number of hydrogen-bond acceptors (Lipinski definition) is 3. The van der Waals surface area contributed by atoms with E-state index in [2.05, 4.69) is 26.6 Å². The van der Waals surface area contributed by atoms with Gasteiger partial charge in [0, 0.05) is 18.3 Å². The second-order valence-corrected chi connectivity index (χ2v) is 4.38. The number of pyridine rings is 1. The summed E-state index contributed by atoms with van der Waals surface area (Å²) in [6, 6.07) is 3.16. The molecule has 0 aromatic carbocycles. The molecule has 0 atom stereocenters. The Morgan fingerprint density at radius 1 is 1.52 bits per heavy atom. The molecule has 0 amide bonds. The number of ether oxygens (including phenoxy) is 1. The fourth-order valence-electron chi connectivity index (χ4n) is 1.29. The molecule has 0 radical (unpaired) electrons. The summed E-state index contributed by atoms with van der Waals surface area (Å²) in [6.45, 7) is 4.66. The molecule has 0 fully saturated rings. The van der Waals surface area contributed by atoms with Gasteiger partial charge in [-0.15, -0.1) is 0 Å². The van der Waals surface area contributed by atoms with Gasteiger partial charge >= 0.3 is 6.18 Å². The van der Waals surface area contributed by atoms with Crippen molar-refractivity contribution in [1.29, 1.82) is 0 Å². The van der Waals surface area contributed by atoms with Crippen LogP contribution in [-0.4, -0.2) is 30.3 Å². The van der Waals surface area contributed by atoms with E-state index in [-0.39, 0.29) is 18.4 Å². The molecule has 116 valence electrons. The molecule has 0 spiro atoms. The van der Waals surface area contributed by atoms with Gasteiger partial charge in [-0.25, -0.2) is 9.98 Å². The van der Waals surface area contributed by atoms with Gasteiger partial charge in [0.2, 0.25) is 5.88 Å². The highest BCUT2D eigenvalue weighted by Gasteiger charge is 2.29. The molecule has 5 nitrogen and oxygen atoms in total. The molecule has 0 saturated heterocycles. The van der Waals surface area contributed by atoms with Crippen LogP contribution in [0.15, 0.2) is 35.5 Å². The van der Waals surface area contributed by atoms with E-state index in [0.29, 0.717) is 12.1 Å². The summed E-state index contributed by atoms with van der Waals surface area (Å²) in [5.74, 6) is 0.0647. The lowest BCUT2D eigenvalue weighted by Crippen LogP contribution is -2.32. The lowest BCUT2D eigenvalue weighted by molar-refractivity contribution is -0.154. The third-order valence-electron chi connectivity index (χ3n) is 2.21. The fourth-order valence-corrected chi connectivity index (χ4v) is 1.29. The molecule has 1 aromatic heterocycles. The first-order valence-corrected chi connectivity index (χ1v) is 6.09. The van der Waals surface area contributed by atoms with Gasteiger partial charge in [-0.3, -0.25) is 0 Å². The third-order valence-corrected chi connectivity index (χ3v) is 2.21. The van der Waals surface area contributed by atoms with Crippen molar-refractivity contribution in [3.63, 3.8) is 0 Å². The molecule has 0 unspecified atom stereocenters. The van der Waals surface area contributed by atoms with E-state index in [1.807, 2.05) is 6.92 Å². The Balaban J connectivity index is 2.66. The van der Waals surface area contributed by atoms with Crippen molar-refractivity contribution in [1.82, 2.24) is 10.3 Å². The van der Waals surface area contributed by atoms with E-state index in [9.17, 15) is 13.2 Å². The Bertz CT molecular complexity index is 514. The molecule has 0 saturated carbocycles. The summed E-state index contributed by atoms with van der Waals surface area (Å²) >= 11 is 0. The van der Waals surface area contributed by atoms with E-state index in [1.165, 1.54) is 6.20 Å². The molecule has 0 aliphatic carbocycles. The number of nitrogens with one attached hydrogen (secondary N) is 1. The largest absolute Gasteiger partial charge is 0.468 e. The zero-order valence-corrected chi connectivity index (χ0v) is 11.6. The van der Waals surface area contributed by atoms with Crippen LogP contribution >= 0.6 is 0 Å². The van der Waals surface area contributed by atoms with Gasteiger partial charge in [0.15, 0.2) is 12.6 Å². The molecule has 21 heavy (non-hydrogen) atoms. The van der Waals surface area contributed by atoms with Gasteiger partial charge < -0.3 is 15.8 Å². The van der Waals surface area contributed by atoms with E-state index < -0.39 is 12.8 Å². The number of nitrogens with two attached hydrogens (primary N) is 1. The number of alkyl halides is 3. The Morgan fingerprint density at radius 3 is 2.86 bits per heavy atom. The highest BCUT2D eigenvalue weighted by Crippen LogP contribution is 2.20. The van der Waals surface area contributed by atoms with E-state index in [0.717, 1.165) is 5.57 Å². The third kappa shape index (κ3) is 7.19. The summed E-state index contributed by atoms with van der Waals surface area (Å²) in [5.41, 5.74) is 6.92. The molecular formula is C13H17F3N4O. The van der Waals surface area contributed by atoms with Gasteiger partial charge in [0.25, 0.3) is 0 Å². The van der Waals surface area contributed by atoms with Crippen LogP contribution in [0.2, 0.25) is 0 Å². The standard InChI is InChI=1S/C13H17F3N4O/c1-9(2)6-19-12(17)20-7-10-4-3-5-18-11(10)21-8-13(14,15)16/h3-5H,1,6-8H2,2H3,(H3,17,19,20). The Kier molecular flexibility index (Phi) is 6.01. The van der Waals surface area contributed by atoms with Crippen LogP contribution in [0.4, 0.5) is 13.2 Å². The van der Waals surface area contributed by atoms with Crippen molar-refractivity contribution >= 4 is 5.96 Å². The molecule has 1 rings (SSSR count). The fraction of sp³-hybridized carbons (Fsp3) is 0.385. The highest BCUT2D eigenvalue weighted by molar-refractivity contribution is 5.78. The molecule has 0 aliphatic heterocycles. The van der Waals surface area contributed by atoms with Crippen molar-refractivity contribution in [2.24, 2.45) is 10.7 Å². The Morgan fingerprint density at radius 2 is 2.24 bits per heavy atom. The molecule has 1 heterocycles. The van der Waals surface area contributed by atoms with Crippen LogP contribution in [-0.2, 0) is 6.54 Å². The van der Waals surface area contributed by atoms with E-state index >= 15 is 0 Å². The number of aromatic nitrogens is 1. The molecule has 1 aromatic rings. The molecule has 8 heteroatoms. The number of guanidine groups is 1. The van der Waals surface area contributed by atoms with Crippen molar-refractivity contribution in [2.45, 2.75) is 19.6 Å². The van der Waals surface area contributed by atoms with Gasteiger partial charge in [-0.1, -0.05) is 18.2 Å². The first-order chi connectivity index (χ1) is 9.78. The van der Waals surface area contributed by atoms with Crippen LogP contribution in [0.5, 0.6) is 5.88 Å². The normalized spacial score (nSPS) is 12.1. The second kappa shape index (κ2) is 7.51. The minimum Gasteiger partial charge on any atom is -0.468 e. The molecule has 0 aliphatic rings. The van der Waals surface area contributed by atoms with Gasteiger partial charge in [-0.05, 0) is 13.0 Å². The highest BCUT2D eigenvalue weighted by atomic mass is 19.4. The maximum Gasteiger partial charge on any atom is 0.422 e. The monoisotopic (exact) mass is 302 g/mol. The van der Waals surface area contributed by atoms with Crippen molar-refractivity contribution in [3.8, 4) is 5.88 Å². The lowest BCUT2D eigenvalue weighted by atomic mass is 10.3. The number of hydrogen-bond donors (Lipinski definition) is 2. The van der Waals surface area contributed by atoms with Crippen LogP contribution in [0.3, 0.4) is 0 Å². The average Bonchev–Trinajstić information content (AvgIpc) is 2.40. The zero-order chi connectivity index (χ0) is 15.9. The number of aliphatic imine (C=N–C) groups is 1. The van der Waals surface area contributed by atoms with Crippen molar-refractivity contribution < 1.29 is 17.9 Å². The maximum absolute atomic E-state index is 12.1. The molecule has 0 bridgehead atoms. The van der Waals surface area contributed by atoms with E-state index in [4.69, 9.17) is 5.73 Å².